The number of carbonyl (C=O) groups is 1. The Bertz CT molecular complexity index is 1070. The summed E-state index contributed by atoms with van der Waals surface area (Å²) in [6.45, 7) is 6.91. The Morgan fingerprint density at radius 2 is 1.70 bits per heavy atom. The third-order valence-corrected chi connectivity index (χ3v) is 8.60. The maximum atomic E-state index is 12.3. The van der Waals surface area contributed by atoms with E-state index in [0.717, 1.165) is 34.0 Å². The van der Waals surface area contributed by atoms with Crippen molar-refractivity contribution in [1.82, 2.24) is 5.32 Å². The van der Waals surface area contributed by atoms with E-state index >= 15 is 0 Å². The summed E-state index contributed by atoms with van der Waals surface area (Å²) in [5.74, 6) is -0.131. The quantitative estimate of drug-likeness (QED) is 0.258. The topological polar surface area (TPSA) is 150 Å². The molecule has 0 saturated carbocycles. The SMILES string of the molecule is Cc1cc(O)c([C@@H]2SC(CO)[C@@H](O)[C@H](O)[C@H]2O)cc1Cc1ccc(C(C)CC(=O)NC(C)(C)CO)cc1. The van der Waals surface area contributed by atoms with E-state index in [0.29, 0.717) is 18.4 Å². The number of aromatic hydroxyl groups is 1. The molecule has 1 amide bonds. The van der Waals surface area contributed by atoms with Gasteiger partial charge >= 0.3 is 0 Å². The monoisotopic (exact) mass is 533 g/mol. The minimum Gasteiger partial charge on any atom is -0.508 e. The number of hydrogen-bond donors (Lipinski definition) is 7. The van der Waals surface area contributed by atoms with Gasteiger partial charge in [0.2, 0.25) is 5.91 Å². The molecule has 7 N–H and O–H groups in total. The van der Waals surface area contributed by atoms with Crippen LogP contribution >= 0.6 is 11.8 Å². The fraction of sp³-hybridized carbons (Fsp3) is 0.536. The van der Waals surface area contributed by atoms with Crippen LogP contribution in [0.4, 0.5) is 0 Å². The second-order valence-electron chi connectivity index (χ2n) is 10.7. The highest BCUT2D eigenvalue weighted by Gasteiger charge is 2.44. The van der Waals surface area contributed by atoms with Gasteiger partial charge < -0.3 is 36.0 Å². The summed E-state index contributed by atoms with van der Waals surface area (Å²) >= 11 is 1.14. The van der Waals surface area contributed by atoms with Gasteiger partial charge in [0.05, 0.1) is 41.5 Å². The fourth-order valence-corrected chi connectivity index (χ4v) is 6.02. The van der Waals surface area contributed by atoms with Gasteiger partial charge in [-0.25, -0.2) is 0 Å². The first-order chi connectivity index (χ1) is 17.4. The van der Waals surface area contributed by atoms with E-state index in [4.69, 9.17) is 0 Å². The molecular formula is C28H39NO7S. The van der Waals surface area contributed by atoms with Gasteiger partial charge in [0, 0.05) is 12.0 Å². The van der Waals surface area contributed by atoms with Crippen molar-refractivity contribution in [3.8, 4) is 5.75 Å². The summed E-state index contributed by atoms with van der Waals surface area (Å²) in [7, 11) is 0. The van der Waals surface area contributed by atoms with Gasteiger partial charge in [-0.15, -0.1) is 11.8 Å². The Kier molecular flexibility index (Phi) is 9.66. The van der Waals surface area contributed by atoms with Crippen molar-refractivity contribution in [1.29, 1.82) is 0 Å². The van der Waals surface area contributed by atoms with E-state index in [-0.39, 0.29) is 30.8 Å². The van der Waals surface area contributed by atoms with Crippen LogP contribution in [0.3, 0.4) is 0 Å². The normalized spacial score (nSPS) is 25.1. The van der Waals surface area contributed by atoms with Crippen molar-refractivity contribution in [3.05, 3.63) is 64.2 Å². The number of aryl methyl sites for hydroxylation is 1. The van der Waals surface area contributed by atoms with Gasteiger partial charge in [0.15, 0.2) is 0 Å². The van der Waals surface area contributed by atoms with Crippen LogP contribution in [0, 0.1) is 6.92 Å². The highest BCUT2D eigenvalue weighted by molar-refractivity contribution is 8.00. The van der Waals surface area contributed by atoms with Gasteiger partial charge in [0.1, 0.15) is 11.9 Å². The zero-order valence-corrected chi connectivity index (χ0v) is 22.6. The highest BCUT2D eigenvalue weighted by Crippen LogP contribution is 2.46. The maximum Gasteiger partial charge on any atom is 0.221 e. The van der Waals surface area contributed by atoms with Gasteiger partial charge in [-0.2, -0.15) is 0 Å². The third-order valence-electron chi connectivity index (χ3n) is 6.99. The standard InChI is InChI=1S/C28H39NO7S/c1-15-9-21(32)20(27-26(36)25(35)24(34)22(13-30)37-27)12-19(15)11-17-5-7-18(8-6-17)16(2)10-23(33)29-28(3,4)14-31/h5-9,12,16,22,24-27,30-32,34-36H,10-11,13-14H2,1-4H3,(H,29,33)/t16?,22?,24-,25+,26-,27+/m1/s1. The lowest BCUT2D eigenvalue weighted by atomic mass is 9.91. The smallest absolute Gasteiger partial charge is 0.221 e. The number of phenols is 1. The van der Waals surface area contributed by atoms with Crippen molar-refractivity contribution < 1.29 is 35.4 Å². The first-order valence-electron chi connectivity index (χ1n) is 12.5. The summed E-state index contributed by atoms with van der Waals surface area (Å²) in [4.78, 5) is 12.3. The second-order valence-corrected chi connectivity index (χ2v) is 12.1. The lowest BCUT2D eigenvalue weighted by Crippen LogP contribution is -2.51. The Morgan fingerprint density at radius 3 is 2.30 bits per heavy atom. The molecule has 1 aliphatic heterocycles. The minimum absolute atomic E-state index is 0.00313. The van der Waals surface area contributed by atoms with Crippen LogP contribution in [0.5, 0.6) is 5.75 Å². The molecule has 1 fully saturated rings. The molecule has 0 spiro atoms. The fourth-order valence-electron chi connectivity index (χ4n) is 4.58. The maximum absolute atomic E-state index is 12.3. The van der Waals surface area contributed by atoms with Crippen LogP contribution in [0.1, 0.15) is 66.2 Å². The molecular weight excluding hydrogens is 494 g/mol. The predicted octanol–water partition coefficient (Wildman–Crippen LogP) is 1.90. The molecule has 1 aliphatic rings. The van der Waals surface area contributed by atoms with Gasteiger partial charge in [-0.1, -0.05) is 37.3 Å². The molecule has 8 nitrogen and oxygen atoms in total. The van der Waals surface area contributed by atoms with E-state index in [2.05, 4.69) is 5.32 Å². The van der Waals surface area contributed by atoms with Crippen LogP contribution in [0.2, 0.25) is 0 Å². The molecule has 0 radical (unpaired) electrons. The molecule has 37 heavy (non-hydrogen) atoms. The molecule has 0 aromatic heterocycles. The number of phenolic OH excluding ortho intramolecular Hbond substituents is 1. The summed E-state index contributed by atoms with van der Waals surface area (Å²) in [5.41, 5.74) is 3.65. The molecule has 0 aliphatic carbocycles. The Hall–Kier alpha value is -2.14. The molecule has 204 valence electrons. The van der Waals surface area contributed by atoms with Crippen molar-refractivity contribution in [2.24, 2.45) is 0 Å². The molecule has 2 unspecified atom stereocenters. The second kappa shape index (κ2) is 12.1. The molecule has 1 heterocycles. The van der Waals surface area contributed by atoms with E-state index in [1.54, 1.807) is 19.9 Å². The summed E-state index contributed by atoms with van der Waals surface area (Å²) in [5, 5.41) is 62.0. The number of aliphatic hydroxyl groups is 5. The zero-order valence-electron chi connectivity index (χ0n) is 21.8. The van der Waals surface area contributed by atoms with E-state index in [9.17, 15) is 35.4 Å². The largest absolute Gasteiger partial charge is 0.508 e. The van der Waals surface area contributed by atoms with Crippen LogP contribution in [-0.4, -0.2) is 78.9 Å². The Balaban J connectivity index is 1.75. The minimum atomic E-state index is -1.43. The Labute approximate surface area is 222 Å². The zero-order chi connectivity index (χ0) is 27.5. The summed E-state index contributed by atoms with van der Waals surface area (Å²) < 4.78 is 0. The van der Waals surface area contributed by atoms with Crippen molar-refractivity contribution in [2.75, 3.05) is 13.2 Å². The predicted molar refractivity (Wildman–Crippen MR) is 144 cm³/mol. The number of nitrogens with one attached hydrogen (secondary N) is 1. The lowest BCUT2D eigenvalue weighted by Gasteiger charge is -2.40. The highest BCUT2D eigenvalue weighted by atomic mass is 32.2. The molecule has 2 aromatic rings. The van der Waals surface area contributed by atoms with E-state index in [1.807, 2.05) is 44.2 Å². The molecule has 0 bridgehead atoms. The lowest BCUT2D eigenvalue weighted by molar-refractivity contribution is -0.123. The molecule has 2 aromatic carbocycles. The van der Waals surface area contributed by atoms with Crippen LogP contribution in [0.15, 0.2) is 36.4 Å². The van der Waals surface area contributed by atoms with Crippen molar-refractivity contribution >= 4 is 17.7 Å². The average molecular weight is 534 g/mol. The Morgan fingerprint density at radius 1 is 1.05 bits per heavy atom. The van der Waals surface area contributed by atoms with E-state index < -0.39 is 34.4 Å². The number of hydrogen-bond acceptors (Lipinski definition) is 8. The number of carbonyl (C=O) groups excluding carboxylic acids is 1. The molecule has 3 rings (SSSR count). The number of rotatable bonds is 9. The van der Waals surface area contributed by atoms with Gasteiger partial charge in [-0.05, 0) is 61.4 Å². The van der Waals surface area contributed by atoms with Crippen molar-refractivity contribution in [3.63, 3.8) is 0 Å². The molecule has 6 atom stereocenters. The van der Waals surface area contributed by atoms with Gasteiger partial charge in [-0.3, -0.25) is 4.79 Å². The van der Waals surface area contributed by atoms with Gasteiger partial charge in [0.25, 0.3) is 0 Å². The summed E-state index contributed by atoms with van der Waals surface area (Å²) in [6.07, 6.45) is -3.12. The number of aliphatic hydroxyl groups excluding tert-OH is 5. The van der Waals surface area contributed by atoms with E-state index in [1.165, 1.54) is 0 Å². The number of benzene rings is 2. The summed E-state index contributed by atoms with van der Waals surface area (Å²) in [6, 6.07) is 11.4. The van der Waals surface area contributed by atoms with Crippen LogP contribution < -0.4 is 5.32 Å². The third kappa shape index (κ3) is 7.04. The molecule has 1 saturated heterocycles. The van der Waals surface area contributed by atoms with Crippen molar-refractivity contribution in [2.45, 2.75) is 80.8 Å². The number of amides is 1. The van der Waals surface area contributed by atoms with Crippen LogP contribution in [0.25, 0.3) is 0 Å². The van der Waals surface area contributed by atoms with Crippen LogP contribution in [-0.2, 0) is 11.2 Å². The number of thioether (sulfide) groups is 1. The molecule has 9 heteroatoms. The first-order valence-corrected chi connectivity index (χ1v) is 13.4. The first kappa shape index (κ1) is 29.4. The average Bonchev–Trinajstić information content (AvgIpc) is 2.85.